The zero-order chi connectivity index (χ0) is 21.9. The molecule has 0 aliphatic carbocycles. The van der Waals surface area contributed by atoms with E-state index in [2.05, 4.69) is 0 Å². The summed E-state index contributed by atoms with van der Waals surface area (Å²) < 4.78 is 12.0. The molecule has 2 aromatic heterocycles. The standard InChI is InChI=1S/C23H30NO5S2/c1-2-28-21(25)8-3-11-24-12-9-17(10-13-24)18(16-24)29-22(26)23(27,19-6-4-14-30-19)20-7-5-15-31-20/h4-7,14-15,17-18,27H,2-3,8-13,16H2,1H3/q+1/t17?,18-,24?/m0/s1. The highest BCUT2D eigenvalue weighted by Gasteiger charge is 2.51. The fourth-order valence-corrected chi connectivity index (χ4v) is 6.69. The Morgan fingerprint density at radius 1 is 1.16 bits per heavy atom. The lowest BCUT2D eigenvalue weighted by Gasteiger charge is -2.52. The highest BCUT2D eigenvalue weighted by molar-refractivity contribution is 7.12. The first-order chi connectivity index (χ1) is 15.0. The summed E-state index contributed by atoms with van der Waals surface area (Å²) in [7, 11) is 0. The molecule has 2 aromatic rings. The number of quaternary nitrogens is 1. The molecule has 3 aliphatic heterocycles. The van der Waals surface area contributed by atoms with Crippen LogP contribution in [0.25, 0.3) is 0 Å². The summed E-state index contributed by atoms with van der Waals surface area (Å²) in [6.07, 6.45) is 3.02. The Labute approximate surface area is 191 Å². The number of hydrogen-bond donors (Lipinski definition) is 1. The van der Waals surface area contributed by atoms with Gasteiger partial charge in [0, 0.05) is 25.2 Å². The molecule has 2 bridgehead atoms. The van der Waals surface area contributed by atoms with Crippen LogP contribution < -0.4 is 0 Å². The number of rotatable bonds is 9. The van der Waals surface area contributed by atoms with Gasteiger partial charge in [-0.2, -0.15) is 0 Å². The molecule has 0 aromatic carbocycles. The molecule has 168 valence electrons. The molecule has 3 saturated heterocycles. The van der Waals surface area contributed by atoms with Crippen LogP contribution in [0, 0.1) is 5.92 Å². The third-order valence-corrected chi connectivity index (χ3v) is 8.63. The molecule has 5 heterocycles. The van der Waals surface area contributed by atoms with E-state index in [4.69, 9.17) is 9.47 Å². The molecule has 0 unspecified atom stereocenters. The first-order valence-electron chi connectivity index (χ1n) is 11.0. The molecule has 1 atom stereocenters. The average Bonchev–Trinajstić information content (AvgIpc) is 3.49. The fraction of sp³-hybridized carbons (Fsp3) is 0.565. The number of ether oxygens (including phenoxy) is 2. The van der Waals surface area contributed by atoms with Crippen LogP contribution in [-0.4, -0.2) is 60.4 Å². The third-order valence-electron chi connectivity index (χ3n) is 6.67. The number of piperidine rings is 3. The molecule has 0 saturated carbocycles. The van der Waals surface area contributed by atoms with E-state index < -0.39 is 11.6 Å². The Hall–Kier alpha value is -1.74. The number of nitrogens with zero attached hydrogens (tertiary/aromatic N) is 1. The number of carbonyl (C=O) groups excluding carboxylic acids is 2. The minimum absolute atomic E-state index is 0.146. The van der Waals surface area contributed by atoms with E-state index in [1.165, 1.54) is 22.7 Å². The van der Waals surface area contributed by atoms with Gasteiger partial charge in [-0.25, -0.2) is 4.79 Å². The molecule has 6 nitrogen and oxygen atoms in total. The Kier molecular flexibility index (Phi) is 6.81. The Bertz CT molecular complexity index is 838. The smallest absolute Gasteiger partial charge is 0.349 e. The predicted molar refractivity (Wildman–Crippen MR) is 120 cm³/mol. The molecule has 0 radical (unpaired) electrons. The van der Waals surface area contributed by atoms with Gasteiger partial charge in [-0.05, 0) is 29.8 Å². The van der Waals surface area contributed by atoms with Crippen LogP contribution in [0.5, 0.6) is 0 Å². The second-order valence-electron chi connectivity index (χ2n) is 8.55. The highest BCUT2D eigenvalue weighted by atomic mass is 32.1. The van der Waals surface area contributed by atoms with Gasteiger partial charge in [-0.1, -0.05) is 12.1 Å². The van der Waals surface area contributed by atoms with Crippen molar-refractivity contribution in [2.45, 2.75) is 44.3 Å². The third kappa shape index (κ3) is 4.58. The maximum Gasteiger partial charge on any atom is 0.349 e. The summed E-state index contributed by atoms with van der Waals surface area (Å²) >= 11 is 2.72. The van der Waals surface area contributed by atoms with E-state index in [1.54, 1.807) is 12.1 Å². The van der Waals surface area contributed by atoms with E-state index in [1.807, 2.05) is 29.8 Å². The van der Waals surface area contributed by atoms with E-state index >= 15 is 0 Å². The molecule has 3 aliphatic rings. The monoisotopic (exact) mass is 464 g/mol. The Morgan fingerprint density at radius 3 is 2.35 bits per heavy atom. The minimum Gasteiger partial charge on any atom is -0.466 e. The largest absolute Gasteiger partial charge is 0.466 e. The average molecular weight is 465 g/mol. The lowest BCUT2D eigenvalue weighted by atomic mass is 9.83. The molecule has 8 heteroatoms. The van der Waals surface area contributed by atoms with Crippen molar-refractivity contribution in [1.29, 1.82) is 0 Å². The van der Waals surface area contributed by atoms with Gasteiger partial charge >= 0.3 is 11.9 Å². The normalized spacial score (nSPS) is 25.4. The topological polar surface area (TPSA) is 72.8 Å². The summed E-state index contributed by atoms with van der Waals surface area (Å²) in [5.74, 6) is -0.390. The van der Waals surface area contributed by atoms with Gasteiger partial charge in [-0.3, -0.25) is 4.79 Å². The van der Waals surface area contributed by atoms with Crippen molar-refractivity contribution in [2.24, 2.45) is 5.92 Å². The van der Waals surface area contributed by atoms with Crippen molar-refractivity contribution in [3.8, 4) is 0 Å². The first-order valence-corrected chi connectivity index (χ1v) is 12.7. The SMILES string of the molecule is CCOC(=O)CCC[N+]12CCC(CC1)[C@@H](OC(=O)C(O)(c1cccs1)c1cccs1)C2. The van der Waals surface area contributed by atoms with E-state index in [0.29, 0.717) is 28.7 Å². The second kappa shape index (κ2) is 9.40. The zero-order valence-corrected chi connectivity index (χ0v) is 19.5. The van der Waals surface area contributed by atoms with Crippen molar-refractivity contribution in [3.63, 3.8) is 0 Å². The first kappa shape index (κ1) is 22.5. The molecular formula is C23H30NO5S2+. The number of aliphatic hydroxyl groups is 1. The lowest BCUT2D eigenvalue weighted by Crippen LogP contribution is -2.65. The van der Waals surface area contributed by atoms with Crippen LogP contribution in [-0.2, 0) is 24.7 Å². The van der Waals surface area contributed by atoms with Crippen LogP contribution in [0.3, 0.4) is 0 Å². The van der Waals surface area contributed by atoms with E-state index in [0.717, 1.165) is 49.9 Å². The van der Waals surface area contributed by atoms with Crippen LogP contribution in [0.1, 0.15) is 42.4 Å². The number of fused-ring (bicyclic) bond motifs is 3. The van der Waals surface area contributed by atoms with Crippen molar-refractivity contribution < 1.29 is 28.7 Å². The predicted octanol–water partition coefficient (Wildman–Crippen LogP) is 3.54. The van der Waals surface area contributed by atoms with Gasteiger partial charge < -0.3 is 19.1 Å². The summed E-state index contributed by atoms with van der Waals surface area (Å²) in [5, 5.41) is 15.2. The second-order valence-corrected chi connectivity index (χ2v) is 10.4. The van der Waals surface area contributed by atoms with Gasteiger partial charge in [0.05, 0.1) is 42.4 Å². The van der Waals surface area contributed by atoms with Gasteiger partial charge in [0.15, 0.2) is 6.10 Å². The molecule has 5 rings (SSSR count). The van der Waals surface area contributed by atoms with E-state index in [-0.39, 0.29) is 12.1 Å². The van der Waals surface area contributed by atoms with Gasteiger partial charge in [0.25, 0.3) is 0 Å². The highest BCUT2D eigenvalue weighted by Crippen LogP contribution is 2.40. The van der Waals surface area contributed by atoms with Crippen molar-refractivity contribution in [3.05, 3.63) is 44.8 Å². The van der Waals surface area contributed by atoms with E-state index in [9.17, 15) is 14.7 Å². The maximum atomic E-state index is 13.4. The summed E-state index contributed by atoms with van der Waals surface area (Å²) in [6.45, 7) is 5.99. The number of thiophene rings is 2. The summed E-state index contributed by atoms with van der Waals surface area (Å²) in [4.78, 5) is 26.2. The molecule has 1 N–H and O–H groups in total. The van der Waals surface area contributed by atoms with Gasteiger partial charge in [0.2, 0.25) is 5.60 Å². The summed E-state index contributed by atoms with van der Waals surface area (Å²) in [6, 6.07) is 7.24. The number of carbonyl (C=O) groups is 2. The van der Waals surface area contributed by atoms with Crippen molar-refractivity contribution >= 4 is 34.6 Å². The van der Waals surface area contributed by atoms with Gasteiger partial charge in [0.1, 0.15) is 6.54 Å². The molecule has 0 amide bonds. The molecule has 0 spiro atoms. The summed E-state index contributed by atoms with van der Waals surface area (Å²) in [5.41, 5.74) is -1.76. The van der Waals surface area contributed by atoms with Crippen LogP contribution in [0.15, 0.2) is 35.0 Å². The van der Waals surface area contributed by atoms with Crippen molar-refractivity contribution in [2.75, 3.05) is 32.8 Å². The van der Waals surface area contributed by atoms with Crippen LogP contribution in [0.4, 0.5) is 0 Å². The molecule has 31 heavy (non-hydrogen) atoms. The zero-order valence-electron chi connectivity index (χ0n) is 17.8. The fourth-order valence-electron chi connectivity index (χ4n) is 4.98. The maximum absolute atomic E-state index is 13.4. The van der Waals surface area contributed by atoms with Crippen LogP contribution >= 0.6 is 22.7 Å². The molecular weight excluding hydrogens is 434 g/mol. The Morgan fingerprint density at radius 2 is 1.81 bits per heavy atom. The number of hydrogen-bond acceptors (Lipinski definition) is 7. The Balaban J connectivity index is 1.45. The van der Waals surface area contributed by atoms with Crippen LogP contribution in [0.2, 0.25) is 0 Å². The van der Waals surface area contributed by atoms with Gasteiger partial charge in [-0.15, -0.1) is 22.7 Å². The minimum atomic E-state index is -1.76. The lowest BCUT2D eigenvalue weighted by molar-refractivity contribution is -0.946. The molecule has 3 fully saturated rings. The quantitative estimate of drug-likeness (QED) is 0.454. The van der Waals surface area contributed by atoms with Crippen molar-refractivity contribution in [1.82, 2.24) is 0 Å². The number of esters is 2.